The van der Waals surface area contributed by atoms with E-state index in [-0.39, 0.29) is 22.8 Å². The number of amides is 1. The number of ether oxygens (including phenoxy) is 1. The number of imidazole rings is 1. The first-order valence-corrected chi connectivity index (χ1v) is 12.2. The summed E-state index contributed by atoms with van der Waals surface area (Å²) < 4.78 is 5.68. The first-order chi connectivity index (χ1) is 18.3. The summed E-state index contributed by atoms with van der Waals surface area (Å²) in [5.41, 5.74) is 3.72. The number of hydrogen-bond acceptors (Lipinski definition) is 6. The van der Waals surface area contributed by atoms with Crippen LogP contribution in [-0.2, 0) is 16.0 Å². The third-order valence-electron chi connectivity index (χ3n) is 6.93. The number of aromatic nitrogens is 2. The Kier molecular flexibility index (Phi) is 5.48. The van der Waals surface area contributed by atoms with Crippen molar-refractivity contribution in [3.63, 3.8) is 0 Å². The second-order valence-electron chi connectivity index (χ2n) is 9.46. The fraction of sp³-hybridized carbons (Fsp3) is 0.172. The van der Waals surface area contributed by atoms with Crippen molar-refractivity contribution in [1.29, 1.82) is 0 Å². The maximum Gasteiger partial charge on any atom is 0.335 e. The van der Waals surface area contributed by atoms with Gasteiger partial charge in [0.05, 0.1) is 34.8 Å². The van der Waals surface area contributed by atoms with E-state index in [0.29, 0.717) is 28.8 Å². The van der Waals surface area contributed by atoms with E-state index in [1.807, 2.05) is 25.1 Å². The van der Waals surface area contributed by atoms with Crippen molar-refractivity contribution in [2.45, 2.75) is 25.8 Å². The molecule has 1 fully saturated rings. The molecule has 9 nitrogen and oxygen atoms in total. The quantitative estimate of drug-likeness (QED) is 0.209. The summed E-state index contributed by atoms with van der Waals surface area (Å²) in [6.07, 6.45) is 1.63. The number of benzene rings is 3. The summed E-state index contributed by atoms with van der Waals surface area (Å²) in [4.78, 5) is 47.1. The minimum atomic E-state index is -1.10. The summed E-state index contributed by atoms with van der Waals surface area (Å²) in [6.45, 7) is 2.52. The van der Waals surface area contributed by atoms with Gasteiger partial charge in [0, 0.05) is 5.56 Å². The molecule has 1 amide bonds. The van der Waals surface area contributed by atoms with Crippen LogP contribution in [0.2, 0.25) is 0 Å². The molecule has 190 valence electrons. The van der Waals surface area contributed by atoms with Crippen LogP contribution >= 0.6 is 0 Å². The van der Waals surface area contributed by atoms with Crippen molar-refractivity contribution >= 4 is 40.4 Å². The Bertz CT molecular complexity index is 1680. The number of aromatic amines is 1. The molecular formula is C29H23N3O6. The van der Waals surface area contributed by atoms with Gasteiger partial charge in [-0.05, 0) is 67.3 Å². The maximum absolute atomic E-state index is 13.5. The van der Waals surface area contributed by atoms with Crippen LogP contribution in [0, 0.1) is 6.92 Å². The van der Waals surface area contributed by atoms with Gasteiger partial charge in [0.2, 0.25) is 5.95 Å². The van der Waals surface area contributed by atoms with Crippen LogP contribution in [-0.4, -0.2) is 44.4 Å². The molecule has 0 aliphatic carbocycles. The Hall–Kier alpha value is -4.92. The molecule has 1 saturated heterocycles. The van der Waals surface area contributed by atoms with Gasteiger partial charge in [-0.2, -0.15) is 0 Å². The normalized spacial score (nSPS) is 18.4. The number of carboxylic acid groups (broad SMARTS) is 1. The van der Waals surface area contributed by atoms with Gasteiger partial charge in [-0.3, -0.25) is 14.5 Å². The summed E-state index contributed by atoms with van der Waals surface area (Å²) in [7, 11) is 0. The van der Waals surface area contributed by atoms with E-state index < -0.39 is 23.7 Å². The molecule has 1 unspecified atom stereocenters. The van der Waals surface area contributed by atoms with Crippen molar-refractivity contribution < 1.29 is 29.3 Å². The molecule has 38 heavy (non-hydrogen) atoms. The fourth-order valence-corrected chi connectivity index (χ4v) is 5.11. The number of nitrogens with zero attached hydrogens (tertiary/aromatic N) is 2. The molecule has 2 aliphatic rings. The number of carboxylic acids is 1. The molecule has 3 aromatic carbocycles. The number of aryl methyl sites for hydroxylation is 2. The number of fused-ring (bicyclic) bond motifs is 2. The van der Waals surface area contributed by atoms with Gasteiger partial charge in [-0.25, -0.2) is 9.78 Å². The molecule has 0 bridgehead atoms. The lowest BCUT2D eigenvalue weighted by molar-refractivity contribution is -0.132. The van der Waals surface area contributed by atoms with Crippen LogP contribution in [0.3, 0.4) is 0 Å². The number of aromatic carboxylic acids is 1. The monoisotopic (exact) mass is 509 g/mol. The predicted octanol–water partition coefficient (Wildman–Crippen LogP) is 4.52. The number of aliphatic hydroxyl groups excluding tert-OH is 1. The Morgan fingerprint density at radius 2 is 1.87 bits per heavy atom. The van der Waals surface area contributed by atoms with Gasteiger partial charge in [0.25, 0.3) is 5.78 Å². The molecule has 6 rings (SSSR count). The van der Waals surface area contributed by atoms with E-state index in [2.05, 4.69) is 9.97 Å². The summed E-state index contributed by atoms with van der Waals surface area (Å²) in [6, 6.07) is 16.0. The second-order valence-corrected chi connectivity index (χ2v) is 9.46. The third-order valence-corrected chi connectivity index (χ3v) is 6.93. The first kappa shape index (κ1) is 23.5. The number of carbonyl (C=O) groups excluding carboxylic acids is 2. The highest BCUT2D eigenvalue weighted by Gasteiger charge is 2.48. The van der Waals surface area contributed by atoms with Gasteiger partial charge < -0.3 is 19.9 Å². The highest BCUT2D eigenvalue weighted by Crippen LogP contribution is 2.42. The number of rotatable bonds is 4. The largest absolute Gasteiger partial charge is 0.507 e. The molecule has 0 radical (unpaired) electrons. The topological polar surface area (TPSA) is 133 Å². The van der Waals surface area contributed by atoms with E-state index in [1.165, 1.54) is 23.1 Å². The molecule has 9 heteroatoms. The van der Waals surface area contributed by atoms with Gasteiger partial charge in [-0.15, -0.1) is 0 Å². The molecule has 4 aromatic rings. The number of nitrogens with one attached hydrogen (secondary N) is 1. The van der Waals surface area contributed by atoms with Gasteiger partial charge >= 0.3 is 11.9 Å². The summed E-state index contributed by atoms with van der Waals surface area (Å²) in [5, 5.41) is 20.8. The van der Waals surface area contributed by atoms with E-state index in [9.17, 15) is 24.6 Å². The van der Waals surface area contributed by atoms with E-state index in [4.69, 9.17) is 4.74 Å². The summed E-state index contributed by atoms with van der Waals surface area (Å²) >= 11 is 0. The van der Waals surface area contributed by atoms with Crippen molar-refractivity contribution in [3.8, 4) is 5.75 Å². The minimum absolute atomic E-state index is 0.0519. The van der Waals surface area contributed by atoms with Gasteiger partial charge in [-0.1, -0.05) is 29.8 Å². The van der Waals surface area contributed by atoms with Crippen LogP contribution < -0.4 is 9.64 Å². The third kappa shape index (κ3) is 3.80. The zero-order valence-electron chi connectivity index (χ0n) is 20.4. The molecule has 0 saturated carbocycles. The predicted molar refractivity (Wildman–Crippen MR) is 139 cm³/mol. The Labute approximate surface area is 217 Å². The van der Waals surface area contributed by atoms with E-state index in [1.54, 1.807) is 24.3 Å². The zero-order chi connectivity index (χ0) is 26.6. The molecule has 1 aromatic heterocycles. The SMILES string of the molecule is Cc1cccc(C2/C(=C(\O)c3ccc4c(c3)CCCO4)C(=O)C(=O)N2c2nc3ccc(C(=O)O)cc3[nH]2)c1. The van der Waals surface area contributed by atoms with Crippen molar-refractivity contribution in [3.05, 3.63) is 94.1 Å². The zero-order valence-corrected chi connectivity index (χ0v) is 20.4. The van der Waals surface area contributed by atoms with Crippen LogP contribution in [0.1, 0.15) is 45.1 Å². The minimum Gasteiger partial charge on any atom is -0.507 e. The fourth-order valence-electron chi connectivity index (χ4n) is 5.11. The van der Waals surface area contributed by atoms with Crippen LogP contribution in [0.5, 0.6) is 5.75 Å². The van der Waals surface area contributed by atoms with Crippen LogP contribution in [0.15, 0.2) is 66.2 Å². The maximum atomic E-state index is 13.5. The molecule has 3 N–H and O–H groups in total. The van der Waals surface area contributed by atoms with Gasteiger partial charge in [0.1, 0.15) is 11.5 Å². The standard InChI is InChI=1S/C29H23N3O6/c1-15-4-2-5-17(12-15)24-23(25(33)18-8-10-22-16(13-18)6-3-11-38-22)26(34)27(35)32(24)29-30-20-9-7-19(28(36)37)14-21(20)31-29/h2,4-5,7-10,12-14,24,33H,3,6,11H2,1H3,(H,30,31)(H,36,37)/b25-23+. The highest BCUT2D eigenvalue weighted by molar-refractivity contribution is 6.51. The molecule has 2 aliphatic heterocycles. The van der Waals surface area contributed by atoms with Crippen LogP contribution in [0.4, 0.5) is 5.95 Å². The average molecular weight is 510 g/mol. The van der Waals surface area contributed by atoms with Gasteiger partial charge in [0.15, 0.2) is 0 Å². The number of anilines is 1. The molecular weight excluding hydrogens is 486 g/mol. The number of H-pyrrole nitrogens is 1. The number of hydrogen-bond donors (Lipinski definition) is 3. The smallest absolute Gasteiger partial charge is 0.335 e. The van der Waals surface area contributed by atoms with Crippen molar-refractivity contribution in [2.24, 2.45) is 0 Å². The van der Waals surface area contributed by atoms with Crippen molar-refractivity contribution in [2.75, 3.05) is 11.5 Å². The number of Topliss-reactive ketones (excluding diaryl/α,β-unsaturated/α-hetero) is 1. The Morgan fingerprint density at radius 1 is 1.05 bits per heavy atom. The Morgan fingerprint density at radius 3 is 2.66 bits per heavy atom. The number of ketones is 1. The van der Waals surface area contributed by atoms with Crippen molar-refractivity contribution in [1.82, 2.24) is 9.97 Å². The first-order valence-electron chi connectivity index (χ1n) is 12.2. The van der Waals surface area contributed by atoms with E-state index in [0.717, 1.165) is 29.7 Å². The summed E-state index contributed by atoms with van der Waals surface area (Å²) in [5.74, 6) is -2.25. The lowest BCUT2D eigenvalue weighted by Crippen LogP contribution is -2.30. The lowest BCUT2D eigenvalue weighted by atomic mass is 9.93. The van der Waals surface area contributed by atoms with E-state index >= 15 is 0 Å². The Balaban J connectivity index is 1.53. The molecule has 0 spiro atoms. The highest BCUT2D eigenvalue weighted by atomic mass is 16.5. The number of carbonyl (C=O) groups is 3. The second kappa shape index (κ2) is 8.88. The lowest BCUT2D eigenvalue weighted by Gasteiger charge is -2.23. The number of aliphatic hydroxyl groups is 1. The molecule has 3 heterocycles. The van der Waals surface area contributed by atoms with Crippen LogP contribution in [0.25, 0.3) is 16.8 Å². The molecule has 1 atom stereocenters. The average Bonchev–Trinajstić information content (AvgIpc) is 3.45.